The van der Waals surface area contributed by atoms with Crippen molar-refractivity contribution >= 4 is 45.8 Å². The van der Waals surface area contributed by atoms with Crippen LogP contribution in [0, 0.1) is 0 Å². The quantitative estimate of drug-likeness (QED) is 0.678. The number of ether oxygens (including phenoxy) is 1. The summed E-state index contributed by atoms with van der Waals surface area (Å²) < 4.78 is 10.3. The van der Waals surface area contributed by atoms with E-state index in [4.69, 9.17) is 20.8 Å². The maximum atomic E-state index is 11.9. The van der Waals surface area contributed by atoms with Crippen molar-refractivity contribution in [1.29, 1.82) is 0 Å². The summed E-state index contributed by atoms with van der Waals surface area (Å²) in [6, 6.07) is 10.5. The van der Waals surface area contributed by atoms with Gasteiger partial charge in [-0.15, -0.1) is 11.3 Å². The second kappa shape index (κ2) is 7.51. The molecule has 1 N–H and O–H groups in total. The van der Waals surface area contributed by atoms with Gasteiger partial charge in [-0.1, -0.05) is 17.7 Å². The number of thiophene rings is 1. The molecule has 5 nitrogen and oxygen atoms in total. The van der Waals surface area contributed by atoms with Crippen LogP contribution < -0.4 is 5.32 Å². The highest BCUT2D eigenvalue weighted by molar-refractivity contribution is 7.09. The van der Waals surface area contributed by atoms with Crippen molar-refractivity contribution < 1.29 is 18.7 Å². The normalized spacial score (nSPS) is 10.7. The highest BCUT2D eigenvalue weighted by Gasteiger charge is 2.15. The Morgan fingerprint density at radius 2 is 2.12 bits per heavy atom. The predicted octanol–water partition coefficient (Wildman–Crippen LogP) is 3.66. The van der Waals surface area contributed by atoms with Crippen molar-refractivity contribution in [1.82, 2.24) is 5.32 Å². The fourth-order valence-corrected chi connectivity index (χ4v) is 3.04. The number of amides is 1. The lowest BCUT2D eigenvalue weighted by Gasteiger charge is -2.04. The Balaban J connectivity index is 1.48. The van der Waals surface area contributed by atoms with Gasteiger partial charge in [0, 0.05) is 21.8 Å². The third-order valence-electron chi connectivity index (χ3n) is 3.29. The highest BCUT2D eigenvalue weighted by atomic mass is 35.5. The van der Waals surface area contributed by atoms with E-state index in [1.54, 1.807) is 29.5 Å². The second-order valence-corrected chi connectivity index (χ2v) is 6.52. The smallest absolute Gasteiger partial charge is 0.374 e. The molecule has 1 amide bonds. The topological polar surface area (TPSA) is 68.5 Å². The summed E-state index contributed by atoms with van der Waals surface area (Å²) in [6.07, 6.45) is 0.752. The molecule has 2 aromatic heterocycles. The Morgan fingerprint density at radius 1 is 1.25 bits per heavy atom. The Labute approximate surface area is 147 Å². The first-order valence-electron chi connectivity index (χ1n) is 7.27. The Kier molecular flexibility index (Phi) is 5.17. The van der Waals surface area contributed by atoms with Gasteiger partial charge in [-0.05, 0) is 42.1 Å². The number of hydrogen-bond acceptors (Lipinski definition) is 5. The van der Waals surface area contributed by atoms with E-state index in [1.165, 1.54) is 10.9 Å². The third-order valence-corrected chi connectivity index (χ3v) is 4.46. The largest absolute Gasteiger partial charge is 0.450 e. The van der Waals surface area contributed by atoms with Crippen LogP contribution in [0.5, 0.6) is 0 Å². The van der Waals surface area contributed by atoms with Gasteiger partial charge in [0.15, 0.2) is 6.61 Å². The van der Waals surface area contributed by atoms with Crippen LogP contribution in [-0.4, -0.2) is 25.0 Å². The molecule has 3 aromatic rings. The molecule has 0 atom stereocenters. The van der Waals surface area contributed by atoms with Gasteiger partial charge in [0.1, 0.15) is 5.58 Å². The van der Waals surface area contributed by atoms with Gasteiger partial charge in [0.2, 0.25) is 5.76 Å². The van der Waals surface area contributed by atoms with E-state index in [1.807, 2.05) is 17.5 Å². The van der Waals surface area contributed by atoms with Crippen molar-refractivity contribution in [2.24, 2.45) is 0 Å². The van der Waals surface area contributed by atoms with Crippen LogP contribution >= 0.6 is 22.9 Å². The summed E-state index contributed by atoms with van der Waals surface area (Å²) >= 11 is 7.52. The van der Waals surface area contributed by atoms with Gasteiger partial charge in [0.05, 0.1) is 0 Å². The van der Waals surface area contributed by atoms with Gasteiger partial charge in [-0.3, -0.25) is 4.79 Å². The van der Waals surface area contributed by atoms with Crippen LogP contribution in [-0.2, 0) is 16.0 Å². The molecular formula is C17H14ClNO4S. The van der Waals surface area contributed by atoms with Gasteiger partial charge in [-0.25, -0.2) is 4.79 Å². The van der Waals surface area contributed by atoms with Crippen LogP contribution in [0.3, 0.4) is 0 Å². The van der Waals surface area contributed by atoms with E-state index in [-0.39, 0.29) is 18.3 Å². The van der Waals surface area contributed by atoms with Gasteiger partial charge in [0.25, 0.3) is 5.91 Å². The first kappa shape index (κ1) is 16.5. The molecule has 0 bridgehead atoms. The van der Waals surface area contributed by atoms with E-state index in [9.17, 15) is 9.59 Å². The minimum Gasteiger partial charge on any atom is -0.450 e. The number of esters is 1. The van der Waals surface area contributed by atoms with Crippen molar-refractivity contribution in [2.45, 2.75) is 6.42 Å². The van der Waals surface area contributed by atoms with Crippen LogP contribution in [0.2, 0.25) is 5.02 Å². The summed E-state index contributed by atoms with van der Waals surface area (Å²) in [5.74, 6) is -0.992. The fourth-order valence-electron chi connectivity index (χ4n) is 2.15. The summed E-state index contributed by atoms with van der Waals surface area (Å²) in [4.78, 5) is 24.8. The zero-order chi connectivity index (χ0) is 16.9. The average Bonchev–Trinajstić information content (AvgIpc) is 3.21. The molecule has 24 heavy (non-hydrogen) atoms. The Morgan fingerprint density at radius 3 is 2.92 bits per heavy atom. The molecule has 0 aliphatic carbocycles. The number of furan rings is 1. The standard InChI is InChI=1S/C17H14ClNO4S/c18-12-3-4-14-11(8-12)9-15(23-14)17(21)22-10-16(20)19-6-5-13-2-1-7-24-13/h1-4,7-9H,5-6,10H2,(H,19,20). The highest BCUT2D eigenvalue weighted by Crippen LogP contribution is 2.23. The lowest BCUT2D eigenvalue weighted by Crippen LogP contribution is -2.30. The molecule has 1 aromatic carbocycles. The number of carbonyl (C=O) groups is 2. The molecule has 0 aliphatic rings. The van der Waals surface area contributed by atoms with Gasteiger partial charge >= 0.3 is 5.97 Å². The minimum atomic E-state index is -0.685. The lowest BCUT2D eigenvalue weighted by atomic mass is 10.2. The number of halogens is 1. The number of hydrogen-bond donors (Lipinski definition) is 1. The zero-order valence-electron chi connectivity index (χ0n) is 12.6. The third kappa shape index (κ3) is 4.15. The minimum absolute atomic E-state index is 0.0404. The number of nitrogens with one attached hydrogen (secondary N) is 1. The number of rotatable bonds is 6. The van der Waals surface area contributed by atoms with E-state index < -0.39 is 5.97 Å². The van der Waals surface area contributed by atoms with Crippen LogP contribution in [0.1, 0.15) is 15.4 Å². The maximum absolute atomic E-state index is 11.9. The number of carbonyl (C=O) groups excluding carboxylic acids is 2. The molecule has 0 aliphatic heterocycles. The second-order valence-electron chi connectivity index (χ2n) is 5.05. The van der Waals surface area contributed by atoms with Crippen LogP contribution in [0.15, 0.2) is 46.2 Å². The molecule has 7 heteroatoms. The average molecular weight is 364 g/mol. The summed E-state index contributed by atoms with van der Waals surface area (Å²) in [5.41, 5.74) is 0.534. The zero-order valence-corrected chi connectivity index (χ0v) is 14.2. The molecule has 0 unspecified atom stereocenters. The molecule has 0 spiro atoms. The summed E-state index contributed by atoms with van der Waals surface area (Å²) in [6.45, 7) is 0.154. The molecule has 0 fully saturated rings. The van der Waals surface area contributed by atoms with E-state index in [2.05, 4.69) is 5.32 Å². The number of fused-ring (bicyclic) bond motifs is 1. The SMILES string of the molecule is O=C(COC(=O)c1cc2cc(Cl)ccc2o1)NCCc1cccs1. The fraction of sp³-hybridized carbons (Fsp3) is 0.176. The summed E-state index contributed by atoms with van der Waals surface area (Å²) in [7, 11) is 0. The first-order chi connectivity index (χ1) is 11.6. The van der Waals surface area contributed by atoms with Crippen molar-refractivity contribution in [3.63, 3.8) is 0 Å². The lowest BCUT2D eigenvalue weighted by molar-refractivity contribution is -0.124. The van der Waals surface area contributed by atoms with Gasteiger partial charge < -0.3 is 14.5 Å². The Hall–Kier alpha value is -2.31. The predicted molar refractivity (Wildman–Crippen MR) is 92.5 cm³/mol. The molecular weight excluding hydrogens is 350 g/mol. The van der Waals surface area contributed by atoms with Crippen molar-refractivity contribution in [3.05, 3.63) is 57.4 Å². The molecule has 3 rings (SSSR count). The van der Waals surface area contributed by atoms with Crippen molar-refractivity contribution in [2.75, 3.05) is 13.2 Å². The molecule has 124 valence electrons. The van der Waals surface area contributed by atoms with E-state index in [0.29, 0.717) is 22.5 Å². The Bertz CT molecular complexity index is 857. The number of benzene rings is 1. The van der Waals surface area contributed by atoms with Crippen LogP contribution in [0.25, 0.3) is 11.0 Å². The maximum Gasteiger partial charge on any atom is 0.374 e. The molecule has 0 radical (unpaired) electrons. The molecule has 0 saturated heterocycles. The monoisotopic (exact) mass is 363 g/mol. The van der Waals surface area contributed by atoms with Crippen molar-refractivity contribution in [3.8, 4) is 0 Å². The first-order valence-corrected chi connectivity index (χ1v) is 8.53. The van der Waals surface area contributed by atoms with E-state index in [0.717, 1.165) is 6.42 Å². The molecule has 0 saturated carbocycles. The van der Waals surface area contributed by atoms with E-state index >= 15 is 0 Å². The van der Waals surface area contributed by atoms with Gasteiger partial charge in [-0.2, -0.15) is 0 Å². The van der Waals surface area contributed by atoms with Crippen LogP contribution in [0.4, 0.5) is 0 Å². The molecule has 2 heterocycles. The summed E-state index contributed by atoms with van der Waals surface area (Å²) in [5, 5.41) is 5.94.